The summed E-state index contributed by atoms with van der Waals surface area (Å²) in [4.78, 5) is 12.5. The Morgan fingerprint density at radius 3 is 2.40 bits per heavy atom. The quantitative estimate of drug-likeness (QED) is 0.596. The number of carbonyl (C=O) groups excluding carboxylic acids is 1. The molecule has 0 spiro atoms. The van der Waals surface area contributed by atoms with Crippen LogP contribution in [0.3, 0.4) is 0 Å². The molecule has 0 aromatic heterocycles. The number of rotatable bonds is 2. The van der Waals surface area contributed by atoms with Gasteiger partial charge in [-0.15, -0.1) is 0 Å². The Kier molecular flexibility index (Phi) is 5.77. The zero-order chi connectivity index (χ0) is 15.5. The first-order valence-corrected chi connectivity index (χ1v) is 6.61. The highest BCUT2D eigenvalue weighted by molar-refractivity contribution is 6.72. The average Bonchev–Trinajstić information content (AvgIpc) is 2.37. The van der Waals surface area contributed by atoms with Gasteiger partial charge in [0.1, 0.15) is 10.8 Å². The number of amides is 2. The molecule has 2 amide bonds. The van der Waals surface area contributed by atoms with Gasteiger partial charge < -0.3 is 10.4 Å². The molecule has 20 heavy (non-hydrogen) atoms. The molecule has 0 heterocycles. The van der Waals surface area contributed by atoms with Crippen molar-refractivity contribution in [1.82, 2.24) is 4.90 Å². The fourth-order valence-corrected chi connectivity index (χ4v) is 1.51. The van der Waals surface area contributed by atoms with E-state index in [9.17, 15) is 14.3 Å². The second kappa shape index (κ2) is 6.72. The van der Waals surface area contributed by atoms with Crippen LogP contribution in [0.1, 0.15) is 0 Å². The highest BCUT2D eigenvalue weighted by atomic mass is 35.6. The molecule has 0 aliphatic carbocycles. The molecule has 0 radical (unpaired) electrons. The highest BCUT2D eigenvalue weighted by Crippen LogP contribution is 2.38. The van der Waals surface area contributed by atoms with Gasteiger partial charge in [-0.2, -0.15) is 0 Å². The Balaban J connectivity index is 2.91. The van der Waals surface area contributed by atoms with Crippen LogP contribution in [0.4, 0.5) is 14.9 Å². The van der Waals surface area contributed by atoms with Crippen molar-refractivity contribution in [2.24, 2.45) is 0 Å². The summed E-state index contributed by atoms with van der Waals surface area (Å²) in [5, 5.41) is 11.4. The third-order valence-corrected chi connectivity index (χ3v) is 3.49. The molecule has 1 aromatic carbocycles. The first-order valence-electron chi connectivity index (χ1n) is 5.09. The Labute approximate surface area is 134 Å². The van der Waals surface area contributed by atoms with Crippen LogP contribution in [-0.2, 0) is 0 Å². The first-order chi connectivity index (χ1) is 9.14. The summed E-state index contributed by atoms with van der Waals surface area (Å²) in [5.74, 6) is -1.40. The Morgan fingerprint density at radius 1 is 1.35 bits per heavy atom. The van der Waals surface area contributed by atoms with Crippen LogP contribution in [0, 0.1) is 5.82 Å². The SMILES string of the molecule is CN(C(=O)Nc1ccccc1F)C(O)=C(Cl)C(Cl)(Cl)Cl. The summed E-state index contributed by atoms with van der Waals surface area (Å²) in [6.45, 7) is 0. The molecule has 1 rings (SSSR count). The topological polar surface area (TPSA) is 52.6 Å². The average molecular weight is 362 g/mol. The largest absolute Gasteiger partial charge is 0.493 e. The van der Waals surface area contributed by atoms with E-state index in [1.54, 1.807) is 0 Å². The molecule has 0 atom stereocenters. The number of urea groups is 1. The summed E-state index contributed by atoms with van der Waals surface area (Å²) in [7, 11) is 1.17. The number of anilines is 1. The molecular weight excluding hydrogens is 353 g/mol. The van der Waals surface area contributed by atoms with Crippen LogP contribution in [0.25, 0.3) is 0 Å². The summed E-state index contributed by atoms with van der Waals surface area (Å²) < 4.78 is 11.3. The predicted octanol–water partition coefficient (Wildman–Crippen LogP) is 4.63. The number of nitrogens with one attached hydrogen (secondary N) is 1. The highest BCUT2D eigenvalue weighted by Gasteiger charge is 2.31. The minimum Gasteiger partial charge on any atom is -0.493 e. The number of nitrogens with zero attached hydrogens (tertiary/aromatic N) is 1. The molecule has 0 saturated heterocycles. The van der Waals surface area contributed by atoms with Crippen LogP contribution < -0.4 is 5.32 Å². The number of allylic oxidation sites excluding steroid dienone is 1. The van der Waals surface area contributed by atoms with Crippen LogP contribution in [0.2, 0.25) is 0 Å². The standard InChI is InChI=1S/C11H9Cl4FN2O2/c1-18(9(19)8(12)11(13,14)15)10(20)17-7-5-3-2-4-6(7)16/h2-5,19H,1H3,(H,17,20). The number of aliphatic hydroxyl groups excluding tert-OH is 1. The van der Waals surface area contributed by atoms with Gasteiger partial charge in [-0.3, -0.25) is 4.90 Å². The van der Waals surface area contributed by atoms with Crippen LogP contribution in [0.5, 0.6) is 0 Å². The summed E-state index contributed by atoms with van der Waals surface area (Å²) in [5.41, 5.74) is -0.0674. The minimum absolute atomic E-state index is 0.0674. The van der Waals surface area contributed by atoms with E-state index in [1.165, 1.54) is 31.3 Å². The lowest BCUT2D eigenvalue weighted by Crippen LogP contribution is -2.32. The number of aliphatic hydroxyl groups is 1. The van der Waals surface area contributed by atoms with Gasteiger partial charge in [-0.05, 0) is 12.1 Å². The first kappa shape index (κ1) is 17.2. The van der Waals surface area contributed by atoms with Gasteiger partial charge in [-0.1, -0.05) is 58.5 Å². The van der Waals surface area contributed by atoms with Gasteiger partial charge in [0.25, 0.3) is 0 Å². The van der Waals surface area contributed by atoms with Crippen molar-refractivity contribution >= 4 is 58.1 Å². The zero-order valence-corrected chi connectivity index (χ0v) is 13.0. The Bertz CT molecular complexity index is 545. The maximum atomic E-state index is 13.4. The van der Waals surface area contributed by atoms with E-state index in [1.807, 2.05) is 0 Å². The van der Waals surface area contributed by atoms with E-state index in [2.05, 4.69) is 5.32 Å². The van der Waals surface area contributed by atoms with Gasteiger partial charge in [0.15, 0.2) is 0 Å². The predicted molar refractivity (Wildman–Crippen MR) is 79.0 cm³/mol. The zero-order valence-electron chi connectivity index (χ0n) is 10.0. The lowest BCUT2D eigenvalue weighted by atomic mass is 10.3. The van der Waals surface area contributed by atoms with Gasteiger partial charge in [-0.25, -0.2) is 9.18 Å². The molecule has 0 aliphatic heterocycles. The van der Waals surface area contributed by atoms with Crippen molar-refractivity contribution in [2.45, 2.75) is 3.79 Å². The van der Waals surface area contributed by atoms with Crippen LogP contribution in [-0.4, -0.2) is 26.9 Å². The third-order valence-electron chi connectivity index (χ3n) is 2.18. The molecule has 0 bridgehead atoms. The van der Waals surface area contributed by atoms with E-state index >= 15 is 0 Å². The molecule has 1 aromatic rings. The van der Waals surface area contributed by atoms with Crippen molar-refractivity contribution in [1.29, 1.82) is 0 Å². The van der Waals surface area contributed by atoms with Crippen LogP contribution >= 0.6 is 46.4 Å². The normalized spacial score (nSPS) is 12.7. The minimum atomic E-state index is -2.09. The number of hydrogen-bond donors (Lipinski definition) is 2. The number of halogens is 5. The summed E-state index contributed by atoms with van der Waals surface area (Å²) >= 11 is 22.0. The number of benzene rings is 1. The monoisotopic (exact) mass is 360 g/mol. The fourth-order valence-electron chi connectivity index (χ4n) is 1.13. The van der Waals surface area contributed by atoms with E-state index in [-0.39, 0.29) is 5.69 Å². The third kappa shape index (κ3) is 4.31. The lowest BCUT2D eigenvalue weighted by molar-refractivity contribution is 0.204. The number of para-hydroxylation sites is 1. The fraction of sp³-hybridized carbons (Fsp3) is 0.182. The van der Waals surface area contributed by atoms with Crippen molar-refractivity contribution in [2.75, 3.05) is 12.4 Å². The smallest absolute Gasteiger partial charge is 0.328 e. The van der Waals surface area contributed by atoms with Gasteiger partial charge >= 0.3 is 6.03 Å². The molecule has 4 nitrogen and oxygen atoms in total. The Hall–Kier alpha value is -0.880. The van der Waals surface area contributed by atoms with E-state index < -0.39 is 26.6 Å². The second-order valence-corrected chi connectivity index (χ2v) is 6.26. The van der Waals surface area contributed by atoms with Crippen molar-refractivity contribution < 1.29 is 14.3 Å². The van der Waals surface area contributed by atoms with Crippen molar-refractivity contribution in [3.63, 3.8) is 0 Å². The van der Waals surface area contributed by atoms with Gasteiger partial charge in [0.2, 0.25) is 9.68 Å². The summed E-state index contributed by atoms with van der Waals surface area (Å²) in [6.07, 6.45) is 0. The van der Waals surface area contributed by atoms with Gasteiger partial charge in [0, 0.05) is 7.05 Å². The molecule has 110 valence electrons. The second-order valence-electron chi connectivity index (χ2n) is 3.60. The van der Waals surface area contributed by atoms with Gasteiger partial charge in [0.05, 0.1) is 5.69 Å². The maximum absolute atomic E-state index is 13.4. The molecule has 9 heteroatoms. The van der Waals surface area contributed by atoms with Crippen molar-refractivity contribution in [3.8, 4) is 0 Å². The molecule has 0 aliphatic rings. The van der Waals surface area contributed by atoms with Crippen molar-refractivity contribution in [3.05, 3.63) is 41.0 Å². The number of hydrogen-bond acceptors (Lipinski definition) is 2. The van der Waals surface area contributed by atoms with Crippen LogP contribution in [0.15, 0.2) is 35.2 Å². The maximum Gasteiger partial charge on any atom is 0.328 e. The molecule has 0 fully saturated rings. The molecule has 0 saturated carbocycles. The lowest BCUT2D eigenvalue weighted by Gasteiger charge is -2.20. The number of alkyl halides is 3. The molecule has 2 N–H and O–H groups in total. The van der Waals surface area contributed by atoms with E-state index in [0.29, 0.717) is 4.90 Å². The number of carbonyl (C=O) groups is 1. The van der Waals surface area contributed by atoms with E-state index in [0.717, 1.165) is 0 Å². The molecule has 0 unspecified atom stereocenters. The summed E-state index contributed by atoms with van der Waals surface area (Å²) in [6, 6.07) is 4.65. The molecular formula is C11H9Cl4FN2O2. The Morgan fingerprint density at radius 2 is 1.90 bits per heavy atom. The van der Waals surface area contributed by atoms with E-state index in [4.69, 9.17) is 46.4 Å².